The number of benzene rings is 1. The van der Waals surface area contributed by atoms with Crippen LogP contribution in [0.2, 0.25) is 0 Å². The van der Waals surface area contributed by atoms with Gasteiger partial charge in [-0.1, -0.05) is 0 Å². The summed E-state index contributed by atoms with van der Waals surface area (Å²) in [5.41, 5.74) is 2.33. The van der Waals surface area contributed by atoms with Crippen LogP contribution in [0.15, 0.2) is 24.4 Å². The van der Waals surface area contributed by atoms with Crippen molar-refractivity contribution in [2.75, 3.05) is 46.9 Å². The second-order valence-electron chi connectivity index (χ2n) is 6.14. The summed E-state index contributed by atoms with van der Waals surface area (Å²) in [6.45, 7) is 4.55. The summed E-state index contributed by atoms with van der Waals surface area (Å²) in [5.74, 6) is 0.856. The van der Waals surface area contributed by atoms with Gasteiger partial charge in [-0.25, -0.2) is 0 Å². The van der Waals surface area contributed by atoms with Gasteiger partial charge in [-0.3, -0.25) is 10.2 Å². The van der Waals surface area contributed by atoms with Crippen molar-refractivity contribution in [2.24, 2.45) is 0 Å². The third-order valence-electron chi connectivity index (χ3n) is 4.58. The number of hydrogen-bond acceptors (Lipinski definition) is 5. The van der Waals surface area contributed by atoms with Crippen LogP contribution >= 0.6 is 0 Å². The number of nitrogens with zero attached hydrogens (tertiary/aromatic N) is 2. The van der Waals surface area contributed by atoms with Crippen LogP contribution < -0.4 is 10.1 Å². The van der Waals surface area contributed by atoms with Crippen molar-refractivity contribution in [3.8, 4) is 5.75 Å². The van der Waals surface area contributed by atoms with Gasteiger partial charge in [-0.05, 0) is 31.2 Å². The minimum atomic E-state index is -0.561. The summed E-state index contributed by atoms with van der Waals surface area (Å²) in [5, 5.41) is 14.7. The maximum atomic E-state index is 10.2. The number of aliphatic hydroxyl groups excluding tert-OH is 1. The monoisotopic (exact) mass is 318 g/mol. The van der Waals surface area contributed by atoms with Gasteiger partial charge in [0, 0.05) is 55.9 Å². The average Bonchev–Trinajstić information content (AvgIpc) is 2.97. The first-order valence-electron chi connectivity index (χ1n) is 8.15. The Balaban J connectivity index is 1.52. The molecule has 1 unspecified atom stereocenters. The van der Waals surface area contributed by atoms with Crippen LogP contribution in [0, 0.1) is 0 Å². The van der Waals surface area contributed by atoms with Gasteiger partial charge in [0.2, 0.25) is 0 Å². The van der Waals surface area contributed by atoms with Gasteiger partial charge in [0.15, 0.2) is 6.35 Å². The topological polar surface area (TPSA) is 63.8 Å². The number of rotatable bonds is 6. The molecule has 23 heavy (non-hydrogen) atoms. The summed E-state index contributed by atoms with van der Waals surface area (Å²) >= 11 is 0. The molecule has 3 rings (SSSR count). The first kappa shape index (κ1) is 16.3. The molecule has 1 atom stereocenters. The normalized spacial score (nSPS) is 18.4. The van der Waals surface area contributed by atoms with E-state index < -0.39 is 6.35 Å². The van der Waals surface area contributed by atoms with E-state index >= 15 is 0 Å². The molecule has 6 heteroatoms. The Morgan fingerprint density at radius 2 is 2.09 bits per heavy atom. The number of H-pyrrole nitrogens is 1. The first-order valence-corrected chi connectivity index (χ1v) is 8.15. The second kappa shape index (κ2) is 7.31. The molecule has 1 aliphatic heterocycles. The SMILES string of the molecule is COc1ccc2c(CCNC(O)N3CCN(C)CC3)c[nH]c2c1. The first-order chi connectivity index (χ1) is 11.2. The zero-order valence-electron chi connectivity index (χ0n) is 13.9. The summed E-state index contributed by atoms with van der Waals surface area (Å²) < 4.78 is 5.24. The van der Waals surface area contributed by atoms with Crippen LogP contribution in [0.3, 0.4) is 0 Å². The average molecular weight is 318 g/mol. The minimum absolute atomic E-state index is 0.561. The number of ether oxygens (including phenoxy) is 1. The predicted molar refractivity (Wildman–Crippen MR) is 91.6 cm³/mol. The number of piperazine rings is 1. The molecule has 3 N–H and O–H groups in total. The number of aromatic amines is 1. The van der Waals surface area contributed by atoms with E-state index in [-0.39, 0.29) is 0 Å². The van der Waals surface area contributed by atoms with Crippen LogP contribution in [0.4, 0.5) is 0 Å². The molecule has 2 aromatic rings. The van der Waals surface area contributed by atoms with E-state index in [0.29, 0.717) is 0 Å². The van der Waals surface area contributed by atoms with E-state index in [2.05, 4.69) is 33.2 Å². The Labute approximate surface area is 137 Å². The highest BCUT2D eigenvalue weighted by molar-refractivity contribution is 5.84. The maximum absolute atomic E-state index is 10.2. The van der Waals surface area contributed by atoms with Gasteiger partial charge in [-0.15, -0.1) is 0 Å². The summed E-state index contributed by atoms with van der Waals surface area (Å²) in [6, 6.07) is 6.06. The quantitative estimate of drug-likeness (QED) is 0.689. The Morgan fingerprint density at radius 1 is 1.30 bits per heavy atom. The van der Waals surface area contributed by atoms with Crippen molar-refractivity contribution >= 4 is 10.9 Å². The second-order valence-corrected chi connectivity index (χ2v) is 6.14. The van der Waals surface area contributed by atoms with Crippen molar-refractivity contribution in [2.45, 2.75) is 12.8 Å². The van der Waals surface area contributed by atoms with Gasteiger partial charge < -0.3 is 19.7 Å². The molecule has 126 valence electrons. The number of nitrogens with one attached hydrogen (secondary N) is 2. The van der Waals surface area contributed by atoms with E-state index in [4.69, 9.17) is 4.74 Å². The Bertz CT molecular complexity index is 635. The zero-order valence-corrected chi connectivity index (χ0v) is 13.9. The highest BCUT2D eigenvalue weighted by atomic mass is 16.5. The molecule has 1 aromatic carbocycles. The lowest BCUT2D eigenvalue weighted by molar-refractivity contribution is -0.0424. The Morgan fingerprint density at radius 3 is 2.83 bits per heavy atom. The molecule has 6 nitrogen and oxygen atoms in total. The zero-order chi connectivity index (χ0) is 16.2. The van der Waals surface area contributed by atoms with Crippen molar-refractivity contribution in [3.05, 3.63) is 30.0 Å². The van der Waals surface area contributed by atoms with Gasteiger partial charge in [0.25, 0.3) is 0 Å². The molecule has 1 saturated heterocycles. The van der Waals surface area contributed by atoms with Crippen molar-refractivity contribution < 1.29 is 9.84 Å². The van der Waals surface area contributed by atoms with Crippen LogP contribution in [0.25, 0.3) is 10.9 Å². The largest absolute Gasteiger partial charge is 0.497 e. The fourth-order valence-corrected chi connectivity index (χ4v) is 3.03. The molecule has 1 fully saturated rings. The molecule has 0 aliphatic carbocycles. The fourth-order valence-electron chi connectivity index (χ4n) is 3.03. The van der Waals surface area contributed by atoms with Crippen molar-refractivity contribution in [1.29, 1.82) is 0 Å². The third-order valence-corrected chi connectivity index (χ3v) is 4.58. The smallest absolute Gasteiger partial charge is 0.163 e. The number of fused-ring (bicyclic) bond motifs is 1. The van der Waals surface area contributed by atoms with Crippen LogP contribution in [0.5, 0.6) is 5.75 Å². The highest BCUT2D eigenvalue weighted by Crippen LogP contribution is 2.23. The molecule has 0 amide bonds. The maximum Gasteiger partial charge on any atom is 0.163 e. The summed E-state index contributed by atoms with van der Waals surface area (Å²) in [6.07, 6.45) is 2.35. The van der Waals surface area contributed by atoms with E-state index in [0.717, 1.165) is 50.4 Å². The molecule has 0 bridgehead atoms. The molecule has 1 aromatic heterocycles. The summed E-state index contributed by atoms with van der Waals surface area (Å²) in [7, 11) is 3.79. The third kappa shape index (κ3) is 3.84. The van der Waals surface area contributed by atoms with Crippen LogP contribution in [-0.4, -0.2) is 73.1 Å². The number of methoxy groups -OCH3 is 1. The fraction of sp³-hybridized carbons (Fsp3) is 0.529. The lowest BCUT2D eigenvalue weighted by Crippen LogP contribution is -2.54. The van der Waals surface area contributed by atoms with Gasteiger partial charge in [-0.2, -0.15) is 0 Å². The Kier molecular flexibility index (Phi) is 5.17. The number of aromatic nitrogens is 1. The standard InChI is InChI=1S/C17H26N4O2/c1-20-7-9-21(10-8-20)17(22)18-6-5-13-12-19-16-11-14(23-2)3-4-15(13)16/h3-4,11-12,17-19,22H,5-10H2,1-2H3. The van der Waals surface area contributed by atoms with Crippen molar-refractivity contribution in [3.63, 3.8) is 0 Å². The number of aliphatic hydroxyl groups is 1. The number of likely N-dealkylation sites (N-methyl/N-ethyl adjacent to an activating group) is 1. The van der Waals surface area contributed by atoms with E-state index in [1.807, 2.05) is 18.3 Å². The molecular formula is C17H26N4O2. The lowest BCUT2D eigenvalue weighted by Gasteiger charge is -2.35. The molecule has 1 aliphatic rings. The number of hydrogen-bond donors (Lipinski definition) is 3. The predicted octanol–water partition coefficient (Wildman–Crippen LogP) is 0.832. The van der Waals surface area contributed by atoms with Crippen molar-refractivity contribution in [1.82, 2.24) is 20.1 Å². The molecule has 0 saturated carbocycles. The Hall–Kier alpha value is -1.60. The minimum Gasteiger partial charge on any atom is -0.497 e. The summed E-state index contributed by atoms with van der Waals surface area (Å²) in [4.78, 5) is 7.65. The van der Waals surface area contributed by atoms with Crippen LogP contribution in [0.1, 0.15) is 5.56 Å². The molecule has 0 radical (unpaired) electrons. The van der Waals surface area contributed by atoms with E-state index in [1.54, 1.807) is 7.11 Å². The van der Waals surface area contributed by atoms with Gasteiger partial charge in [0.05, 0.1) is 7.11 Å². The van der Waals surface area contributed by atoms with Gasteiger partial charge >= 0.3 is 0 Å². The van der Waals surface area contributed by atoms with Gasteiger partial charge in [0.1, 0.15) is 5.75 Å². The van der Waals surface area contributed by atoms with E-state index in [9.17, 15) is 5.11 Å². The highest BCUT2D eigenvalue weighted by Gasteiger charge is 2.19. The van der Waals surface area contributed by atoms with Crippen LogP contribution in [-0.2, 0) is 6.42 Å². The molecular weight excluding hydrogens is 292 g/mol. The molecule has 0 spiro atoms. The lowest BCUT2D eigenvalue weighted by atomic mass is 10.1. The van der Waals surface area contributed by atoms with E-state index in [1.165, 1.54) is 10.9 Å². The molecule has 2 heterocycles.